The van der Waals surface area contributed by atoms with E-state index in [9.17, 15) is 9.59 Å². The van der Waals surface area contributed by atoms with Crippen molar-refractivity contribution in [1.82, 2.24) is 5.32 Å². The van der Waals surface area contributed by atoms with Crippen LogP contribution < -0.4 is 16.4 Å². The highest BCUT2D eigenvalue weighted by atomic mass is 35.5. The summed E-state index contributed by atoms with van der Waals surface area (Å²) in [6.45, 7) is 1.88. The molecule has 0 heterocycles. The Bertz CT molecular complexity index is 420. The maximum absolute atomic E-state index is 11.4. The van der Waals surface area contributed by atoms with E-state index in [1.165, 1.54) is 0 Å². The predicted octanol–water partition coefficient (Wildman–Crippen LogP) is 1.98. The highest BCUT2D eigenvalue weighted by Gasteiger charge is 2.08. The molecule has 98 valence electrons. The number of rotatable bonds is 5. The van der Waals surface area contributed by atoms with Crippen LogP contribution in [0.4, 0.5) is 10.5 Å². The van der Waals surface area contributed by atoms with Crippen LogP contribution in [0.1, 0.15) is 24.9 Å². The molecule has 4 N–H and O–H groups in total. The highest BCUT2D eigenvalue weighted by molar-refractivity contribution is 6.18. The minimum atomic E-state index is -0.605. The molecule has 1 unspecified atom stereocenters. The van der Waals surface area contributed by atoms with Crippen LogP contribution in [-0.4, -0.2) is 17.8 Å². The van der Waals surface area contributed by atoms with Crippen LogP contribution in [0.5, 0.6) is 0 Å². The van der Waals surface area contributed by atoms with Gasteiger partial charge in [0.2, 0.25) is 5.91 Å². The van der Waals surface area contributed by atoms with E-state index >= 15 is 0 Å². The van der Waals surface area contributed by atoms with Crippen molar-refractivity contribution in [2.75, 3.05) is 11.2 Å². The van der Waals surface area contributed by atoms with E-state index in [4.69, 9.17) is 17.3 Å². The molecule has 1 rings (SSSR count). The summed E-state index contributed by atoms with van der Waals surface area (Å²) in [7, 11) is 0. The average Bonchev–Trinajstić information content (AvgIpc) is 2.29. The minimum absolute atomic E-state index is 0.0863. The largest absolute Gasteiger partial charge is 0.351 e. The zero-order chi connectivity index (χ0) is 13.5. The van der Waals surface area contributed by atoms with E-state index < -0.39 is 6.03 Å². The molecule has 0 saturated heterocycles. The molecule has 5 nitrogen and oxygen atoms in total. The Morgan fingerprint density at radius 1 is 1.33 bits per heavy atom. The van der Waals surface area contributed by atoms with Crippen LogP contribution in [0.25, 0.3) is 0 Å². The monoisotopic (exact) mass is 269 g/mol. The number of benzene rings is 1. The van der Waals surface area contributed by atoms with Gasteiger partial charge in [-0.25, -0.2) is 4.79 Å². The zero-order valence-corrected chi connectivity index (χ0v) is 10.8. The molecule has 0 aromatic heterocycles. The summed E-state index contributed by atoms with van der Waals surface area (Å²) < 4.78 is 0. The van der Waals surface area contributed by atoms with Crippen molar-refractivity contribution in [3.63, 3.8) is 0 Å². The fraction of sp³-hybridized carbons (Fsp3) is 0.333. The van der Waals surface area contributed by atoms with Gasteiger partial charge in [-0.2, -0.15) is 0 Å². The number of carbonyl (C=O) groups excluding carboxylic acids is 2. The number of amides is 3. The van der Waals surface area contributed by atoms with Crippen LogP contribution in [0.2, 0.25) is 0 Å². The second-order valence-corrected chi connectivity index (χ2v) is 4.22. The molecule has 6 heteroatoms. The quantitative estimate of drug-likeness (QED) is 0.714. The molecule has 0 spiro atoms. The first-order chi connectivity index (χ1) is 8.52. The number of urea groups is 1. The molecule has 1 atom stereocenters. The van der Waals surface area contributed by atoms with Crippen LogP contribution in [-0.2, 0) is 4.79 Å². The SMILES string of the molecule is CC(NC(=O)CCCl)c1ccc(NC(N)=O)cc1. The fourth-order valence-electron chi connectivity index (χ4n) is 1.48. The minimum Gasteiger partial charge on any atom is -0.351 e. The number of nitrogens with two attached hydrogens (primary N) is 1. The molecule has 0 aliphatic carbocycles. The van der Waals surface area contributed by atoms with Gasteiger partial charge in [-0.3, -0.25) is 4.79 Å². The van der Waals surface area contributed by atoms with Gasteiger partial charge in [0.25, 0.3) is 0 Å². The summed E-state index contributed by atoms with van der Waals surface area (Å²) >= 11 is 5.48. The summed E-state index contributed by atoms with van der Waals surface area (Å²) in [6.07, 6.45) is 0.299. The van der Waals surface area contributed by atoms with Crippen LogP contribution in [0.3, 0.4) is 0 Å². The number of alkyl halides is 1. The Balaban J connectivity index is 2.61. The summed E-state index contributed by atoms with van der Waals surface area (Å²) in [6, 6.07) is 6.37. The van der Waals surface area contributed by atoms with E-state index in [0.717, 1.165) is 5.56 Å². The van der Waals surface area contributed by atoms with E-state index in [2.05, 4.69) is 10.6 Å². The third kappa shape index (κ3) is 4.63. The smallest absolute Gasteiger partial charge is 0.316 e. The van der Waals surface area contributed by atoms with Crippen molar-refractivity contribution in [3.8, 4) is 0 Å². The lowest BCUT2D eigenvalue weighted by molar-refractivity contribution is -0.121. The first-order valence-corrected chi connectivity index (χ1v) is 6.08. The van der Waals surface area contributed by atoms with Gasteiger partial charge in [0.15, 0.2) is 0 Å². The third-order valence-corrected chi connectivity index (χ3v) is 2.57. The molecule has 0 radical (unpaired) electrons. The van der Waals surface area contributed by atoms with Gasteiger partial charge in [0, 0.05) is 18.0 Å². The average molecular weight is 270 g/mol. The summed E-state index contributed by atoms with van der Waals surface area (Å²) in [5.74, 6) is 0.219. The zero-order valence-electron chi connectivity index (χ0n) is 10.1. The molecular formula is C12H16ClN3O2. The number of nitrogens with one attached hydrogen (secondary N) is 2. The number of halogens is 1. The Labute approximate surface area is 111 Å². The summed E-state index contributed by atoms with van der Waals surface area (Å²) in [5, 5.41) is 5.29. The second kappa shape index (κ2) is 6.86. The van der Waals surface area contributed by atoms with Crippen molar-refractivity contribution in [2.24, 2.45) is 5.73 Å². The molecular weight excluding hydrogens is 254 g/mol. The van der Waals surface area contributed by atoms with Gasteiger partial charge in [-0.15, -0.1) is 11.6 Å². The standard InChI is InChI=1S/C12H16ClN3O2/c1-8(15-11(17)6-7-13)9-2-4-10(5-3-9)16-12(14)18/h2-5,8H,6-7H2,1H3,(H,15,17)(H3,14,16,18). The van der Waals surface area contributed by atoms with E-state index in [-0.39, 0.29) is 11.9 Å². The summed E-state index contributed by atoms with van der Waals surface area (Å²) in [5.41, 5.74) is 6.56. The molecule has 0 saturated carbocycles. The lowest BCUT2D eigenvalue weighted by Crippen LogP contribution is -2.26. The number of anilines is 1. The molecule has 0 aliphatic heterocycles. The first-order valence-electron chi connectivity index (χ1n) is 5.54. The highest BCUT2D eigenvalue weighted by Crippen LogP contribution is 2.16. The van der Waals surface area contributed by atoms with Gasteiger partial charge in [0.1, 0.15) is 0 Å². The van der Waals surface area contributed by atoms with Crippen molar-refractivity contribution in [2.45, 2.75) is 19.4 Å². The molecule has 3 amide bonds. The normalized spacial score (nSPS) is 11.7. The molecule has 0 fully saturated rings. The third-order valence-electron chi connectivity index (χ3n) is 2.38. The Morgan fingerprint density at radius 2 is 1.94 bits per heavy atom. The maximum Gasteiger partial charge on any atom is 0.316 e. The van der Waals surface area contributed by atoms with Gasteiger partial charge < -0.3 is 16.4 Å². The molecule has 1 aromatic rings. The second-order valence-electron chi connectivity index (χ2n) is 3.84. The number of primary amides is 1. The van der Waals surface area contributed by atoms with Crippen LogP contribution >= 0.6 is 11.6 Å². The molecule has 0 bridgehead atoms. The fourth-order valence-corrected chi connectivity index (χ4v) is 1.65. The number of hydrogen-bond donors (Lipinski definition) is 3. The van der Waals surface area contributed by atoms with E-state index in [0.29, 0.717) is 18.0 Å². The Kier molecular flexibility index (Phi) is 5.45. The Hall–Kier alpha value is -1.75. The predicted molar refractivity (Wildman–Crippen MR) is 71.5 cm³/mol. The lowest BCUT2D eigenvalue weighted by Gasteiger charge is -2.14. The summed E-state index contributed by atoms with van der Waals surface area (Å²) in [4.78, 5) is 22.0. The lowest BCUT2D eigenvalue weighted by atomic mass is 10.1. The van der Waals surface area contributed by atoms with Crippen LogP contribution in [0, 0.1) is 0 Å². The van der Waals surface area contributed by atoms with Gasteiger partial charge >= 0.3 is 6.03 Å². The van der Waals surface area contributed by atoms with Crippen molar-refractivity contribution in [3.05, 3.63) is 29.8 Å². The van der Waals surface area contributed by atoms with Gasteiger partial charge in [-0.1, -0.05) is 12.1 Å². The van der Waals surface area contributed by atoms with Gasteiger partial charge in [0.05, 0.1) is 6.04 Å². The number of carbonyl (C=O) groups is 2. The van der Waals surface area contributed by atoms with Crippen molar-refractivity contribution in [1.29, 1.82) is 0 Å². The van der Waals surface area contributed by atoms with E-state index in [1.807, 2.05) is 19.1 Å². The first kappa shape index (κ1) is 14.3. The molecule has 18 heavy (non-hydrogen) atoms. The molecule has 1 aromatic carbocycles. The van der Waals surface area contributed by atoms with Gasteiger partial charge in [-0.05, 0) is 24.6 Å². The topological polar surface area (TPSA) is 84.2 Å². The molecule has 0 aliphatic rings. The van der Waals surface area contributed by atoms with Crippen LogP contribution in [0.15, 0.2) is 24.3 Å². The maximum atomic E-state index is 11.4. The number of hydrogen-bond acceptors (Lipinski definition) is 2. The Morgan fingerprint density at radius 3 is 2.44 bits per heavy atom. The van der Waals surface area contributed by atoms with Crippen molar-refractivity contribution < 1.29 is 9.59 Å². The van der Waals surface area contributed by atoms with E-state index in [1.54, 1.807) is 12.1 Å². The van der Waals surface area contributed by atoms with Crippen molar-refractivity contribution >= 4 is 29.2 Å².